The molecule has 0 saturated carbocycles. The number of thioether (sulfide) groups is 1. The molecule has 15 heavy (non-hydrogen) atoms. The van der Waals surface area contributed by atoms with Crippen molar-refractivity contribution in [2.75, 3.05) is 22.6 Å². The Morgan fingerprint density at radius 1 is 1.53 bits per heavy atom. The largest absolute Gasteiger partial charge is 0.398 e. The number of nitrogens with two attached hydrogens (primary N) is 1. The maximum atomic E-state index is 8.74. The molecule has 1 aliphatic heterocycles. The van der Waals surface area contributed by atoms with E-state index in [1.165, 1.54) is 12.2 Å². The summed E-state index contributed by atoms with van der Waals surface area (Å²) in [6.07, 6.45) is 1.20. The Hall–Kier alpha value is -1.34. The molecule has 4 heteroatoms. The summed E-state index contributed by atoms with van der Waals surface area (Å²) in [5, 5.41) is 12.2. The van der Waals surface area contributed by atoms with E-state index in [9.17, 15) is 0 Å². The van der Waals surface area contributed by atoms with Crippen molar-refractivity contribution >= 4 is 23.1 Å². The predicted octanol–water partition coefficient (Wildman–Crippen LogP) is 2.06. The molecule has 0 aromatic heterocycles. The van der Waals surface area contributed by atoms with Gasteiger partial charge in [0.25, 0.3) is 0 Å². The first-order chi connectivity index (χ1) is 7.29. The first-order valence-electron chi connectivity index (χ1n) is 4.93. The summed E-state index contributed by atoms with van der Waals surface area (Å²) in [6, 6.07) is 8.12. The van der Waals surface area contributed by atoms with Crippen molar-refractivity contribution in [3.8, 4) is 6.07 Å². The van der Waals surface area contributed by atoms with E-state index in [4.69, 9.17) is 11.0 Å². The highest BCUT2D eigenvalue weighted by Crippen LogP contribution is 2.23. The topological polar surface area (TPSA) is 61.8 Å². The van der Waals surface area contributed by atoms with E-state index >= 15 is 0 Å². The second-order valence-corrected chi connectivity index (χ2v) is 4.77. The van der Waals surface area contributed by atoms with Gasteiger partial charge in [0.05, 0.1) is 11.3 Å². The lowest BCUT2D eigenvalue weighted by Crippen LogP contribution is -2.18. The van der Waals surface area contributed by atoms with Gasteiger partial charge >= 0.3 is 0 Å². The number of nitrogen functional groups attached to an aromatic ring is 1. The van der Waals surface area contributed by atoms with Crippen LogP contribution in [-0.4, -0.2) is 17.5 Å². The zero-order valence-electron chi connectivity index (χ0n) is 8.36. The van der Waals surface area contributed by atoms with Gasteiger partial charge < -0.3 is 11.1 Å². The van der Waals surface area contributed by atoms with Crippen LogP contribution in [0.15, 0.2) is 18.2 Å². The number of anilines is 2. The molecule has 0 spiro atoms. The first kappa shape index (κ1) is 10.2. The van der Waals surface area contributed by atoms with Gasteiger partial charge in [0.1, 0.15) is 6.07 Å². The molecule has 0 bridgehead atoms. The van der Waals surface area contributed by atoms with E-state index < -0.39 is 0 Å². The third-order valence-electron chi connectivity index (χ3n) is 2.47. The zero-order chi connectivity index (χ0) is 10.7. The summed E-state index contributed by atoms with van der Waals surface area (Å²) in [5.41, 5.74) is 7.84. The maximum absolute atomic E-state index is 8.74. The molecule has 78 valence electrons. The van der Waals surface area contributed by atoms with Gasteiger partial charge in [-0.15, -0.1) is 0 Å². The highest BCUT2D eigenvalue weighted by Gasteiger charge is 2.14. The van der Waals surface area contributed by atoms with Gasteiger partial charge in [-0.25, -0.2) is 0 Å². The van der Waals surface area contributed by atoms with E-state index in [2.05, 4.69) is 11.4 Å². The van der Waals surface area contributed by atoms with Gasteiger partial charge in [0.2, 0.25) is 0 Å². The molecule has 2 rings (SSSR count). The van der Waals surface area contributed by atoms with Crippen molar-refractivity contribution in [2.24, 2.45) is 0 Å². The van der Waals surface area contributed by atoms with E-state index in [0.717, 1.165) is 11.4 Å². The molecule has 1 aliphatic rings. The van der Waals surface area contributed by atoms with Gasteiger partial charge in [-0.3, -0.25) is 0 Å². The van der Waals surface area contributed by atoms with Crippen molar-refractivity contribution in [2.45, 2.75) is 12.5 Å². The smallest absolute Gasteiger partial charge is 0.101 e. The Balaban J connectivity index is 2.09. The van der Waals surface area contributed by atoms with Gasteiger partial charge in [0.15, 0.2) is 0 Å². The van der Waals surface area contributed by atoms with Crippen molar-refractivity contribution in [3.05, 3.63) is 23.8 Å². The second-order valence-electron chi connectivity index (χ2n) is 3.62. The Bertz CT molecular complexity index is 391. The standard InChI is InChI=1S/C11H13N3S/c12-6-8-1-2-9(5-11(8)13)14-10-3-4-15-7-10/h1-2,5,10,14H,3-4,7,13H2. The predicted molar refractivity (Wildman–Crippen MR) is 64.9 cm³/mol. The Morgan fingerprint density at radius 3 is 3.00 bits per heavy atom. The number of nitrogens with one attached hydrogen (secondary N) is 1. The zero-order valence-corrected chi connectivity index (χ0v) is 9.18. The first-order valence-corrected chi connectivity index (χ1v) is 6.09. The summed E-state index contributed by atoms with van der Waals surface area (Å²) in [5.74, 6) is 2.38. The molecule has 1 fully saturated rings. The van der Waals surface area contributed by atoms with Gasteiger partial charge in [0, 0.05) is 17.5 Å². The van der Waals surface area contributed by atoms with E-state index in [0.29, 0.717) is 17.3 Å². The Kier molecular flexibility index (Phi) is 3.02. The van der Waals surface area contributed by atoms with Crippen molar-refractivity contribution in [3.63, 3.8) is 0 Å². The fourth-order valence-corrected chi connectivity index (χ4v) is 2.79. The van der Waals surface area contributed by atoms with Crippen LogP contribution in [0.3, 0.4) is 0 Å². The van der Waals surface area contributed by atoms with Crippen LogP contribution >= 0.6 is 11.8 Å². The molecule has 1 atom stereocenters. The lowest BCUT2D eigenvalue weighted by molar-refractivity contribution is 0.813. The number of rotatable bonds is 2. The van der Waals surface area contributed by atoms with Gasteiger partial charge in [-0.05, 0) is 30.4 Å². The minimum Gasteiger partial charge on any atom is -0.398 e. The van der Waals surface area contributed by atoms with Crippen molar-refractivity contribution < 1.29 is 0 Å². The highest BCUT2D eigenvalue weighted by molar-refractivity contribution is 7.99. The molecule has 0 amide bonds. The molecule has 1 saturated heterocycles. The van der Waals surface area contributed by atoms with E-state index in [1.807, 2.05) is 23.9 Å². The normalized spacial score (nSPS) is 19.8. The highest BCUT2D eigenvalue weighted by atomic mass is 32.2. The summed E-state index contributed by atoms with van der Waals surface area (Å²) in [6.45, 7) is 0. The molecule has 1 unspecified atom stereocenters. The molecule has 3 nitrogen and oxygen atoms in total. The molecule has 3 N–H and O–H groups in total. The molecule has 1 heterocycles. The third kappa shape index (κ3) is 2.37. The summed E-state index contributed by atoms with van der Waals surface area (Å²) < 4.78 is 0. The Labute approximate surface area is 93.7 Å². The summed E-state index contributed by atoms with van der Waals surface area (Å²) in [7, 11) is 0. The number of hydrogen-bond acceptors (Lipinski definition) is 4. The number of nitriles is 1. The monoisotopic (exact) mass is 219 g/mol. The lowest BCUT2D eigenvalue weighted by atomic mass is 10.1. The van der Waals surface area contributed by atoms with Crippen LogP contribution in [0.1, 0.15) is 12.0 Å². The van der Waals surface area contributed by atoms with Crippen LogP contribution in [0.4, 0.5) is 11.4 Å². The quantitative estimate of drug-likeness (QED) is 0.747. The molecule has 0 aliphatic carbocycles. The van der Waals surface area contributed by atoms with Gasteiger partial charge in [-0.1, -0.05) is 0 Å². The summed E-state index contributed by atoms with van der Waals surface area (Å²) >= 11 is 1.97. The van der Waals surface area contributed by atoms with Crippen LogP contribution in [0.5, 0.6) is 0 Å². The van der Waals surface area contributed by atoms with Crippen molar-refractivity contribution in [1.29, 1.82) is 5.26 Å². The number of hydrogen-bond donors (Lipinski definition) is 2. The fraction of sp³-hybridized carbons (Fsp3) is 0.364. The average Bonchev–Trinajstić information content (AvgIpc) is 2.71. The molecule has 1 aromatic rings. The van der Waals surface area contributed by atoms with Crippen molar-refractivity contribution in [1.82, 2.24) is 0 Å². The fourth-order valence-electron chi connectivity index (χ4n) is 1.64. The Morgan fingerprint density at radius 2 is 2.40 bits per heavy atom. The second kappa shape index (κ2) is 4.45. The van der Waals surface area contributed by atoms with Crippen LogP contribution in [-0.2, 0) is 0 Å². The van der Waals surface area contributed by atoms with E-state index in [-0.39, 0.29) is 0 Å². The van der Waals surface area contributed by atoms with E-state index in [1.54, 1.807) is 6.07 Å². The number of nitrogens with zero attached hydrogens (tertiary/aromatic N) is 1. The average molecular weight is 219 g/mol. The third-order valence-corrected chi connectivity index (χ3v) is 3.63. The number of benzene rings is 1. The minimum absolute atomic E-state index is 0.543. The lowest BCUT2D eigenvalue weighted by Gasteiger charge is -2.13. The molecular formula is C11H13N3S. The van der Waals surface area contributed by atoms with Crippen LogP contribution in [0, 0.1) is 11.3 Å². The molecule has 1 aromatic carbocycles. The maximum Gasteiger partial charge on any atom is 0.101 e. The van der Waals surface area contributed by atoms with Crippen LogP contribution in [0.2, 0.25) is 0 Å². The molecule has 0 radical (unpaired) electrons. The minimum atomic E-state index is 0.543. The van der Waals surface area contributed by atoms with Crippen LogP contribution in [0.25, 0.3) is 0 Å². The summed E-state index contributed by atoms with van der Waals surface area (Å²) in [4.78, 5) is 0. The molecular weight excluding hydrogens is 206 g/mol. The van der Waals surface area contributed by atoms with Crippen LogP contribution < -0.4 is 11.1 Å². The van der Waals surface area contributed by atoms with Gasteiger partial charge in [-0.2, -0.15) is 17.0 Å². The SMILES string of the molecule is N#Cc1ccc(NC2CCSC2)cc1N.